The van der Waals surface area contributed by atoms with Gasteiger partial charge in [0.15, 0.2) is 0 Å². The number of ether oxygens (including phenoxy) is 6. The molecule has 0 saturated heterocycles. The van der Waals surface area contributed by atoms with Gasteiger partial charge in [0.25, 0.3) is 0 Å². The van der Waals surface area contributed by atoms with E-state index in [4.69, 9.17) is 18.9 Å². The molecule has 4 aromatic rings. The molecule has 0 unspecified atom stereocenters. The second-order valence-electron chi connectivity index (χ2n) is 12.7. The topological polar surface area (TPSA) is 255 Å². The number of carbonyl (C=O) groups excluding carboxylic acids is 6. The molecule has 4 aromatic carbocycles. The molecule has 0 aliphatic carbocycles. The second-order valence-corrected chi connectivity index (χ2v) is 12.7. The molecule has 61 heavy (non-hydrogen) atoms. The Hall–Kier alpha value is -8.12. The molecule has 0 saturated carbocycles. The first-order valence-electron chi connectivity index (χ1n) is 18.3. The number of nitrogens with one attached hydrogen (secondary N) is 6. The van der Waals surface area contributed by atoms with E-state index in [9.17, 15) is 28.8 Å². The Morgan fingerprint density at radius 2 is 0.721 bits per heavy atom. The summed E-state index contributed by atoms with van der Waals surface area (Å²) >= 11 is 0. The molecule has 0 radical (unpaired) electrons. The Bertz CT molecular complexity index is 2170. The molecule has 20 nitrogen and oxygen atoms in total. The van der Waals surface area contributed by atoms with Gasteiger partial charge in [0, 0.05) is 34.1 Å². The normalized spacial score (nSPS) is 10.1. The average molecular weight is 841 g/mol. The van der Waals surface area contributed by atoms with Gasteiger partial charge in [-0.1, -0.05) is 24.3 Å². The van der Waals surface area contributed by atoms with Crippen LogP contribution >= 0.6 is 0 Å². The lowest BCUT2D eigenvalue weighted by Crippen LogP contribution is -2.20. The zero-order chi connectivity index (χ0) is 44.3. The van der Waals surface area contributed by atoms with Gasteiger partial charge in [-0.3, -0.25) is 31.9 Å². The zero-order valence-corrected chi connectivity index (χ0v) is 34.1. The van der Waals surface area contributed by atoms with Gasteiger partial charge in [-0.2, -0.15) is 9.98 Å². The molecule has 0 aliphatic heterocycles. The number of hydrogen-bond donors (Lipinski definition) is 6. The van der Waals surface area contributed by atoms with Crippen LogP contribution in [0.15, 0.2) is 82.8 Å². The molecule has 0 aromatic heterocycles. The summed E-state index contributed by atoms with van der Waals surface area (Å²) in [6.07, 6.45) is -4.49. The maximum absolute atomic E-state index is 12.5. The molecule has 0 spiro atoms. The van der Waals surface area contributed by atoms with E-state index in [1.807, 2.05) is 0 Å². The molecule has 4 rings (SSSR count). The van der Waals surface area contributed by atoms with Crippen LogP contribution in [0.1, 0.15) is 22.3 Å². The fraction of sp³-hybridized carbons (Fsp3) is 0.244. The van der Waals surface area contributed by atoms with Gasteiger partial charge >= 0.3 is 36.6 Å². The van der Waals surface area contributed by atoms with Crippen molar-refractivity contribution in [1.82, 2.24) is 0 Å². The van der Waals surface area contributed by atoms with E-state index >= 15 is 0 Å². The van der Waals surface area contributed by atoms with Crippen LogP contribution in [0.4, 0.5) is 74.3 Å². The highest BCUT2D eigenvalue weighted by Crippen LogP contribution is 2.25. The van der Waals surface area contributed by atoms with E-state index in [1.54, 1.807) is 88.4 Å². The van der Waals surface area contributed by atoms with E-state index in [2.05, 4.69) is 57.4 Å². The molecule has 0 atom stereocenters. The molecular weight excluding hydrogens is 796 g/mol. The Labute approximate surface area is 350 Å². The minimum atomic E-state index is -0.796. The van der Waals surface area contributed by atoms with Gasteiger partial charge in [-0.15, -0.1) is 0 Å². The lowest BCUT2D eigenvalue weighted by Gasteiger charge is -2.12. The maximum Gasteiger partial charge on any atom is 0.411 e. The van der Waals surface area contributed by atoms with E-state index in [0.717, 1.165) is 11.1 Å². The summed E-state index contributed by atoms with van der Waals surface area (Å²) in [6, 6.07) is 22.3. The van der Waals surface area contributed by atoms with Gasteiger partial charge in [-0.25, -0.2) is 28.8 Å². The fourth-order valence-corrected chi connectivity index (χ4v) is 4.90. The molecule has 20 heteroatoms. The predicted molar refractivity (Wildman–Crippen MR) is 226 cm³/mol. The largest absolute Gasteiger partial charge is 0.453 e. The standard InChI is InChI=1S/C41H44N8O12/c1-24-7-11-28(19-32(24)48-40(54)60-17-15-58-38(52)44-30-13-9-26(3)34(21-30)46-36(50)56-5)42-23-43-29-12-8-25(2)33(20-29)49-41(55)61-18-16-59-39(53)45-31-14-10-27(4)35(22-31)47-37(51)57-6/h7-14,19-22H,15-18H2,1-6H3,(H,44,52)(H,45,53)(H,46,50)(H,47,51)(H,48,54)(H,49,55). The van der Waals surface area contributed by atoms with Crippen LogP contribution in [0.2, 0.25) is 0 Å². The number of aryl methyl sites for hydroxylation is 4. The first kappa shape index (κ1) is 45.6. The minimum absolute atomic E-state index is 0.234. The number of carbonyl (C=O) groups is 6. The molecule has 6 amide bonds. The SMILES string of the molecule is COC(=O)Nc1cc(NC(=O)OCCOC(=O)Nc2cc(N=C=Nc3ccc(C)c(NC(=O)OCCOC(=O)Nc4ccc(C)c(NC(=O)OC)c4)c3)ccc2C)ccc1C. The highest BCUT2D eigenvalue weighted by Gasteiger charge is 2.13. The van der Waals surface area contributed by atoms with Gasteiger partial charge in [0.05, 0.1) is 25.6 Å². The molecule has 6 N–H and O–H groups in total. The first-order chi connectivity index (χ1) is 29.2. The summed E-state index contributed by atoms with van der Waals surface area (Å²) in [5.41, 5.74) is 6.17. The van der Waals surface area contributed by atoms with E-state index in [1.165, 1.54) is 26.4 Å². The summed E-state index contributed by atoms with van der Waals surface area (Å²) < 4.78 is 29.6. The van der Waals surface area contributed by atoms with Gasteiger partial charge in [0.2, 0.25) is 0 Å². The maximum atomic E-state index is 12.5. The summed E-state index contributed by atoms with van der Waals surface area (Å²) in [6.45, 7) is 6.15. The Balaban J connectivity index is 1.20. The average Bonchev–Trinajstić information content (AvgIpc) is 3.22. The van der Waals surface area contributed by atoms with Gasteiger partial charge < -0.3 is 28.4 Å². The second kappa shape index (κ2) is 22.7. The van der Waals surface area contributed by atoms with Crippen molar-refractivity contribution < 1.29 is 57.2 Å². The third kappa shape index (κ3) is 15.3. The minimum Gasteiger partial charge on any atom is -0.453 e. The lowest BCUT2D eigenvalue weighted by atomic mass is 10.2. The molecule has 320 valence electrons. The number of methoxy groups -OCH3 is 2. The van der Waals surface area contributed by atoms with E-state index in [-0.39, 0.29) is 26.4 Å². The summed E-state index contributed by atoms with van der Waals surface area (Å²) in [7, 11) is 2.47. The van der Waals surface area contributed by atoms with Crippen LogP contribution in [0, 0.1) is 27.7 Å². The molecular formula is C41H44N8O12. The number of aliphatic imine (C=N–C) groups is 2. The third-order valence-corrected chi connectivity index (χ3v) is 8.19. The number of anilines is 6. The smallest absolute Gasteiger partial charge is 0.411 e. The van der Waals surface area contributed by atoms with Crippen LogP contribution in [0.3, 0.4) is 0 Å². The summed E-state index contributed by atoms with van der Waals surface area (Å²) in [4.78, 5) is 80.9. The van der Waals surface area contributed by atoms with Crippen LogP contribution in [-0.2, 0) is 28.4 Å². The van der Waals surface area contributed by atoms with Crippen molar-refractivity contribution in [3.05, 3.63) is 95.1 Å². The monoisotopic (exact) mass is 840 g/mol. The lowest BCUT2D eigenvalue weighted by molar-refractivity contribution is 0.110. The van der Waals surface area contributed by atoms with E-state index < -0.39 is 36.6 Å². The Morgan fingerprint density at radius 3 is 1.07 bits per heavy atom. The van der Waals surface area contributed by atoms with Crippen molar-refractivity contribution in [2.45, 2.75) is 27.7 Å². The summed E-state index contributed by atoms with van der Waals surface area (Å²) in [5.74, 6) is 0. The van der Waals surface area contributed by atoms with Crippen LogP contribution < -0.4 is 31.9 Å². The molecule has 0 heterocycles. The van der Waals surface area contributed by atoms with Crippen molar-refractivity contribution in [1.29, 1.82) is 0 Å². The van der Waals surface area contributed by atoms with Crippen LogP contribution in [-0.4, -0.2) is 83.2 Å². The highest BCUT2D eigenvalue weighted by atomic mass is 16.6. The Kier molecular flexibility index (Phi) is 17.0. The van der Waals surface area contributed by atoms with Crippen molar-refractivity contribution in [3.8, 4) is 0 Å². The Morgan fingerprint density at radius 1 is 0.426 bits per heavy atom. The van der Waals surface area contributed by atoms with Crippen molar-refractivity contribution in [2.24, 2.45) is 9.98 Å². The highest BCUT2D eigenvalue weighted by molar-refractivity contribution is 5.91. The third-order valence-electron chi connectivity index (χ3n) is 8.19. The predicted octanol–water partition coefficient (Wildman–Crippen LogP) is 9.01. The van der Waals surface area contributed by atoms with Crippen molar-refractivity contribution in [2.75, 3.05) is 72.5 Å². The number of rotatable bonds is 14. The van der Waals surface area contributed by atoms with Gasteiger partial charge in [0.1, 0.15) is 32.4 Å². The van der Waals surface area contributed by atoms with Gasteiger partial charge in [-0.05, 0) is 98.5 Å². The fourth-order valence-electron chi connectivity index (χ4n) is 4.90. The quantitative estimate of drug-likeness (QED) is 0.0395. The number of hydrogen-bond acceptors (Lipinski definition) is 14. The number of nitrogens with zero attached hydrogens (tertiary/aromatic N) is 2. The van der Waals surface area contributed by atoms with Crippen LogP contribution in [0.5, 0.6) is 0 Å². The van der Waals surface area contributed by atoms with Crippen molar-refractivity contribution >= 4 is 88.1 Å². The summed E-state index contributed by atoms with van der Waals surface area (Å²) in [5, 5.41) is 15.4. The number of amides is 6. The molecule has 0 fully saturated rings. The van der Waals surface area contributed by atoms with E-state index in [0.29, 0.717) is 56.6 Å². The molecule has 0 bridgehead atoms. The van der Waals surface area contributed by atoms with Crippen molar-refractivity contribution in [3.63, 3.8) is 0 Å². The first-order valence-corrected chi connectivity index (χ1v) is 18.3. The van der Waals surface area contributed by atoms with Crippen LogP contribution in [0.25, 0.3) is 0 Å². The zero-order valence-electron chi connectivity index (χ0n) is 34.1. The molecule has 0 aliphatic rings. The number of benzene rings is 4.